The molecule has 0 saturated carbocycles. The van der Waals surface area contributed by atoms with Gasteiger partial charge in [-0.1, -0.05) is 0 Å². The highest BCUT2D eigenvalue weighted by Gasteiger charge is 2.25. The zero-order valence-corrected chi connectivity index (χ0v) is 40.4. The van der Waals surface area contributed by atoms with E-state index in [0.717, 1.165) is 34.1 Å². The highest BCUT2D eigenvalue weighted by molar-refractivity contribution is 6.13. The number of carboxylic acids is 1. The minimum Gasteiger partial charge on any atom is -0.481 e. The number of hydrogen-bond acceptors (Lipinski definition) is 19. The van der Waals surface area contributed by atoms with Crippen LogP contribution in [0.3, 0.4) is 0 Å². The Labute approximate surface area is 413 Å². The first-order valence-electron chi connectivity index (χ1n) is 23.8. The molecule has 2 heterocycles. The Balaban J connectivity index is 1.57. The number of ether oxygens (including phenoxy) is 8. The van der Waals surface area contributed by atoms with E-state index < -0.39 is 47.8 Å². The van der Waals surface area contributed by atoms with Crippen LogP contribution in [0.2, 0.25) is 0 Å². The molecule has 2 aliphatic heterocycles. The number of rotatable bonds is 47. The molecule has 0 fully saturated rings. The zero-order chi connectivity index (χ0) is 51.7. The van der Waals surface area contributed by atoms with Gasteiger partial charge in [0.25, 0.3) is 23.6 Å². The van der Waals surface area contributed by atoms with Gasteiger partial charge >= 0.3 is 5.97 Å². The van der Waals surface area contributed by atoms with E-state index in [1.165, 1.54) is 0 Å². The largest absolute Gasteiger partial charge is 0.481 e. The SMILES string of the molecule is O=C(O)CCOCCOCCOCCOCCNC(=O)[C@H](CCCCNC(O)CCOCCOCCNC(=O)CCN1C(=O)C=CC1=O)NC(=O)CCOCCOCCNC(=O)CCN1C(=O)C=CC1=O. The quantitative estimate of drug-likeness (QED) is 0.0181. The number of amides is 8. The number of nitrogens with one attached hydrogen (secondary N) is 5. The molecule has 26 nitrogen and oxygen atoms in total. The molecule has 0 bridgehead atoms. The molecule has 0 aliphatic carbocycles. The summed E-state index contributed by atoms with van der Waals surface area (Å²) >= 11 is 0. The number of unbranched alkanes of at least 4 members (excludes halogenated alkanes) is 1. The molecule has 2 aliphatic rings. The fourth-order valence-corrected chi connectivity index (χ4v) is 6.11. The van der Waals surface area contributed by atoms with Gasteiger partial charge in [0.15, 0.2) is 0 Å². The van der Waals surface area contributed by atoms with Crippen LogP contribution in [0.4, 0.5) is 0 Å². The van der Waals surface area contributed by atoms with Crippen LogP contribution in [0.15, 0.2) is 24.3 Å². The van der Waals surface area contributed by atoms with Crippen molar-refractivity contribution in [3.63, 3.8) is 0 Å². The Kier molecular flexibility index (Phi) is 35.1. The van der Waals surface area contributed by atoms with Crippen molar-refractivity contribution < 1.29 is 91.3 Å². The third kappa shape index (κ3) is 32.3. The van der Waals surface area contributed by atoms with Crippen LogP contribution in [0.5, 0.6) is 0 Å². The maximum Gasteiger partial charge on any atom is 0.305 e. The number of carbonyl (C=O) groups excluding carboxylic acids is 8. The summed E-state index contributed by atoms with van der Waals surface area (Å²) in [5.74, 6) is -4.13. The van der Waals surface area contributed by atoms with Crippen molar-refractivity contribution in [2.75, 3.05) is 145 Å². The van der Waals surface area contributed by atoms with Gasteiger partial charge in [0.05, 0.1) is 112 Å². The minimum absolute atomic E-state index is 0.00582. The lowest BCUT2D eigenvalue weighted by atomic mass is 10.1. The third-order valence-corrected chi connectivity index (χ3v) is 9.89. The van der Waals surface area contributed by atoms with Gasteiger partial charge in [-0.05, 0) is 25.8 Å². The van der Waals surface area contributed by atoms with Gasteiger partial charge in [-0.15, -0.1) is 0 Å². The van der Waals surface area contributed by atoms with Gasteiger partial charge in [0, 0.05) is 82.7 Å². The maximum absolute atomic E-state index is 13.1. The third-order valence-electron chi connectivity index (χ3n) is 9.89. The summed E-state index contributed by atoms with van der Waals surface area (Å²) in [5, 5.41) is 32.8. The molecule has 0 aromatic heterocycles. The highest BCUT2D eigenvalue weighted by atomic mass is 16.6. The van der Waals surface area contributed by atoms with E-state index in [-0.39, 0.29) is 155 Å². The minimum atomic E-state index is -0.926. The van der Waals surface area contributed by atoms with Crippen LogP contribution in [0.1, 0.15) is 51.4 Å². The summed E-state index contributed by atoms with van der Waals surface area (Å²) in [6, 6.07) is -0.840. The normalized spacial score (nSPS) is 14.1. The van der Waals surface area contributed by atoms with Crippen molar-refractivity contribution >= 4 is 53.2 Å². The van der Waals surface area contributed by atoms with Crippen molar-refractivity contribution in [3.8, 4) is 0 Å². The summed E-state index contributed by atoms with van der Waals surface area (Å²) in [5.41, 5.74) is 0. The van der Waals surface area contributed by atoms with Crippen LogP contribution in [0.25, 0.3) is 0 Å². The van der Waals surface area contributed by atoms with E-state index in [4.69, 9.17) is 43.0 Å². The molecule has 2 atom stereocenters. The van der Waals surface area contributed by atoms with Gasteiger partial charge in [-0.25, -0.2) is 0 Å². The summed E-state index contributed by atoms with van der Waals surface area (Å²) < 4.78 is 43.3. The molecule has 0 spiro atoms. The molecule has 71 heavy (non-hydrogen) atoms. The molecule has 1 unspecified atom stereocenters. The molecule has 402 valence electrons. The van der Waals surface area contributed by atoms with E-state index in [0.29, 0.717) is 58.7 Å². The molecule has 0 saturated heterocycles. The Morgan fingerprint density at radius 2 is 0.845 bits per heavy atom. The van der Waals surface area contributed by atoms with Crippen LogP contribution in [-0.2, 0) is 81.0 Å². The van der Waals surface area contributed by atoms with Crippen LogP contribution < -0.4 is 26.6 Å². The van der Waals surface area contributed by atoms with E-state index in [9.17, 15) is 48.3 Å². The van der Waals surface area contributed by atoms with Gasteiger partial charge in [-0.3, -0.25) is 58.3 Å². The smallest absolute Gasteiger partial charge is 0.305 e. The number of carboxylic acid groups (broad SMARTS) is 1. The second-order valence-electron chi connectivity index (χ2n) is 15.5. The van der Waals surface area contributed by atoms with Gasteiger partial charge in [-0.2, -0.15) is 0 Å². The van der Waals surface area contributed by atoms with Crippen molar-refractivity contribution in [1.29, 1.82) is 0 Å². The second kappa shape index (κ2) is 40.3. The Morgan fingerprint density at radius 1 is 0.451 bits per heavy atom. The first-order chi connectivity index (χ1) is 34.4. The van der Waals surface area contributed by atoms with Crippen molar-refractivity contribution in [3.05, 3.63) is 24.3 Å². The maximum atomic E-state index is 13.1. The van der Waals surface area contributed by atoms with E-state index in [2.05, 4.69) is 26.6 Å². The van der Waals surface area contributed by atoms with Crippen LogP contribution in [0, 0.1) is 0 Å². The van der Waals surface area contributed by atoms with Crippen LogP contribution in [-0.4, -0.2) is 230 Å². The topological polar surface area (TPSA) is 335 Å². The molecule has 0 aromatic rings. The standard InChI is InChI=1S/C45H73N7O19/c53-36(8-17-51-40(57)4-5-41(51)58)47-14-22-67-28-25-64-19-10-38(55)46-13-2-1-3-35(45(63)49-16-24-69-30-32-71-34-33-70-31-27-66-21-12-44(61)62)50-39(56)11-20-65-26-29-68-23-15-48-37(54)9-18-52-42(59)6-7-43(52)60/h4-7,35,38,46,55H,1-3,8-34H2,(H,47,53)(H,48,54)(H,49,63)(H,50,56)(H,61,62)/t35-,38?/m0/s1. The molecule has 2 rings (SSSR count). The molecular formula is C45H73N7O19. The van der Waals surface area contributed by atoms with Gasteiger partial charge < -0.3 is 69.4 Å². The summed E-state index contributed by atoms with van der Waals surface area (Å²) in [6.45, 7) is 4.96. The first kappa shape index (κ1) is 61.8. The average Bonchev–Trinajstić information content (AvgIpc) is 3.85. The zero-order valence-electron chi connectivity index (χ0n) is 40.4. The number of aliphatic carboxylic acids is 1. The number of nitrogens with zero attached hydrogens (tertiary/aromatic N) is 2. The number of aliphatic hydroxyl groups is 1. The summed E-state index contributed by atoms with van der Waals surface area (Å²) in [7, 11) is 0. The number of carbonyl (C=O) groups is 9. The second-order valence-corrected chi connectivity index (χ2v) is 15.5. The molecule has 8 amide bonds. The fourth-order valence-electron chi connectivity index (χ4n) is 6.11. The highest BCUT2D eigenvalue weighted by Crippen LogP contribution is 2.06. The monoisotopic (exact) mass is 1020 g/mol. The van der Waals surface area contributed by atoms with Crippen LogP contribution >= 0.6 is 0 Å². The van der Waals surface area contributed by atoms with E-state index >= 15 is 0 Å². The van der Waals surface area contributed by atoms with Gasteiger partial charge in [0.1, 0.15) is 12.3 Å². The first-order valence-corrected chi connectivity index (χ1v) is 23.8. The molecular weight excluding hydrogens is 943 g/mol. The average molecular weight is 1020 g/mol. The lowest BCUT2D eigenvalue weighted by molar-refractivity contribution is -0.139. The van der Waals surface area contributed by atoms with Crippen molar-refractivity contribution in [2.45, 2.75) is 63.6 Å². The summed E-state index contributed by atoms with van der Waals surface area (Å²) in [6.07, 6.45) is 5.45. The number of aliphatic hydroxyl groups excluding tert-OH is 1. The van der Waals surface area contributed by atoms with Crippen molar-refractivity contribution in [2.24, 2.45) is 0 Å². The predicted octanol–water partition coefficient (Wildman–Crippen LogP) is -3.08. The summed E-state index contributed by atoms with van der Waals surface area (Å²) in [4.78, 5) is 109. The van der Waals surface area contributed by atoms with E-state index in [1.54, 1.807) is 0 Å². The van der Waals surface area contributed by atoms with E-state index in [1.807, 2.05) is 0 Å². The number of imide groups is 2. The fraction of sp³-hybridized carbons (Fsp3) is 0.711. The molecule has 26 heteroatoms. The Hall–Kier alpha value is -5.29. The lowest BCUT2D eigenvalue weighted by Crippen LogP contribution is -2.47. The molecule has 0 aromatic carbocycles. The molecule has 0 radical (unpaired) electrons. The lowest BCUT2D eigenvalue weighted by Gasteiger charge is -2.19. The molecule has 7 N–H and O–H groups in total. The Bertz CT molecular complexity index is 1650. The van der Waals surface area contributed by atoms with Crippen molar-refractivity contribution in [1.82, 2.24) is 36.4 Å². The predicted molar refractivity (Wildman–Crippen MR) is 248 cm³/mol. The Morgan fingerprint density at radius 3 is 1.30 bits per heavy atom. The number of hydrogen-bond donors (Lipinski definition) is 7. The van der Waals surface area contributed by atoms with Gasteiger partial charge in [0.2, 0.25) is 23.6 Å².